The molecule has 2 heterocycles. The van der Waals surface area contributed by atoms with Gasteiger partial charge in [0.2, 0.25) is 0 Å². The standard InChI is InChI=1S/C27H21N5O4/c33-17-21-15-32(23-6-2-1-3-7-23)29-26(21)24-8-4-5-9-25(24)36-18-22-16-31(30-28-22)14-19-10-12-20(13-11-19)27(34)35/h1-13,15-17H,14,18H2,(H,34,35). The summed E-state index contributed by atoms with van der Waals surface area (Å²) in [4.78, 5) is 22.8. The van der Waals surface area contributed by atoms with Crippen LogP contribution in [-0.2, 0) is 13.2 Å². The van der Waals surface area contributed by atoms with Crippen LogP contribution in [0.2, 0.25) is 0 Å². The Morgan fingerprint density at radius 2 is 1.69 bits per heavy atom. The maximum Gasteiger partial charge on any atom is 0.335 e. The topological polar surface area (TPSA) is 112 Å². The molecule has 0 amide bonds. The van der Waals surface area contributed by atoms with Crippen molar-refractivity contribution < 1.29 is 19.4 Å². The van der Waals surface area contributed by atoms with Gasteiger partial charge >= 0.3 is 5.97 Å². The second-order valence-corrected chi connectivity index (χ2v) is 8.03. The summed E-state index contributed by atoms with van der Waals surface area (Å²) in [5.41, 5.74) is 4.28. The second kappa shape index (κ2) is 10.1. The van der Waals surface area contributed by atoms with E-state index in [2.05, 4.69) is 15.4 Å². The lowest BCUT2D eigenvalue weighted by Crippen LogP contribution is -2.02. The number of hydrogen-bond donors (Lipinski definition) is 1. The number of carbonyl (C=O) groups excluding carboxylic acids is 1. The second-order valence-electron chi connectivity index (χ2n) is 8.03. The zero-order valence-electron chi connectivity index (χ0n) is 19.1. The number of aldehydes is 1. The van der Waals surface area contributed by atoms with Crippen molar-refractivity contribution in [1.29, 1.82) is 0 Å². The molecule has 0 saturated carbocycles. The molecule has 0 bridgehead atoms. The molecule has 0 fully saturated rings. The summed E-state index contributed by atoms with van der Waals surface area (Å²) >= 11 is 0. The quantitative estimate of drug-likeness (QED) is 0.314. The van der Waals surface area contributed by atoms with Gasteiger partial charge in [0.05, 0.1) is 29.6 Å². The van der Waals surface area contributed by atoms with Gasteiger partial charge in [-0.15, -0.1) is 5.10 Å². The Bertz CT molecular complexity index is 1510. The number of hydrogen-bond acceptors (Lipinski definition) is 6. The normalized spacial score (nSPS) is 10.8. The Morgan fingerprint density at radius 3 is 2.44 bits per heavy atom. The first-order chi connectivity index (χ1) is 17.6. The van der Waals surface area contributed by atoms with Crippen molar-refractivity contribution in [3.8, 4) is 22.7 Å². The summed E-state index contributed by atoms with van der Waals surface area (Å²) in [5, 5.41) is 22.0. The molecular formula is C27H21N5O4. The molecule has 0 aliphatic heterocycles. The Kier molecular flexibility index (Phi) is 6.35. The Morgan fingerprint density at radius 1 is 0.944 bits per heavy atom. The fourth-order valence-electron chi connectivity index (χ4n) is 3.76. The summed E-state index contributed by atoms with van der Waals surface area (Å²) < 4.78 is 9.38. The molecule has 0 spiro atoms. The smallest absolute Gasteiger partial charge is 0.335 e. The van der Waals surface area contributed by atoms with Crippen LogP contribution in [0.25, 0.3) is 16.9 Å². The fraction of sp³-hybridized carbons (Fsp3) is 0.0741. The van der Waals surface area contributed by atoms with Gasteiger partial charge in [0, 0.05) is 11.8 Å². The van der Waals surface area contributed by atoms with Gasteiger partial charge in [-0.05, 0) is 42.0 Å². The van der Waals surface area contributed by atoms with E-state index >= 15 is 0 Å². The van der Waals surface area contributed by atoms with Crippen LogP contribution in [0.3, 0.4) is 0 Å². The number of benzene rings is 3. The van der Waals surface area contributed by atoms with E-state index in [1.165, 1.54) is 0 Å². The van der Waals surface area contributed by atoms with E-state index in [0.717, 1.165) is 17.5 Å². The molecule has 1 N–H and O–H groups in total. The number of aromatic carboxylic acids is 1. The molecule has 9 nitrogen and oxygen atoms in total. The molecule has 3 aromatic carbocycles. The highest BCUT2D eigenvalue weighted by atomic mass is 16.5. The maximum atomic E-state index is 11.8. The minimum Gasteiger partial charge on any atom is -0.486 e. The van der Waals surface area contributed by atoms with E-state index in [4.69, 9.17) is 9.84 Å². The molecule has 0 radical (unpaired) electrons. The summed E-state index contributed by atoms with van der Waals surface area (Å²) in [6.45, 7) is 0.619. The van der Waals surface area contributed by atoms with Crippen LogP contribution < -0.4 is 4.74 Å². The van der Waals surface area contributed by atoms with Crippen LogP contribution in [0.5, 0.6) is 5.75 Å². The number of carboxylic acid groups (broad SMARTS) is 1. The largest absolute Gasteiger partial charge is 0.486 e. The zero-order valence-corrected chi connectivity index (χ0v) is 19.1. The molecule has 5 rings (SSSR count). The summed E-state index contributed by atoms with van der Waals surface area (Å²) in [6, 6.07) is 23.6. The maximum absolute atomic E-state index is 11.8. The zero-order chi connectivity index (χ0) is 24.9. The molecule has 9 heteroatoms. The SMILES string of the molecule is O=Cc1cn(-c2ccccc2)nc1-c1ccccc1OCc1cn(Cc2ccc(C(=O)O)cc2)nn1. The van der Waals surface area contributed by atoms with Crippen LogP contribution in [0.4, 0.5) is 0 Å². The molecule has 0 unspecified atom stereocenters. The minimum absolute atomic E-state index is 0.171. The third-order valence-corrected chi connectivity index (χ3v) is 5.54. The van der Waals surface area contributed by atoms with Gasteiger partial charge in [-0.25, -0.2) is 14.2 Å². The summed E-state index contributed by atoms with van der Waals surface area (Å²) in [7, 11) is 0. The Balaban J connectivity index is 1.32. The molecular weight excluding hydrogens is 458 g/mol. The van der Waals surface area contributed by atoms with E-state index in [1.54, 1.807) is 46.0 Å². The number of carboxylic acids is 1. The Labute approximate surface area is 206 Å². The molecule has 178 valence electrons. The number of aromatic nitrogens is 5. The van der Waals surface area contributed by atoms with Crippen molar-refractivity contribution in [3.63, 3.8) is 0 Å². The molecule has 2 aromatic heterocycles. The van der Waals surface area contributed by atoms with Crippen molar-refractivity contribution >= 4 is 12.3 Å². The highest BCUT2D eigenvalue weighted by molar-refractivity contribution is 5.88. The molecule has 36 heavy (non-hydrogen) atoms. The van der Waals surface area contributed by atoms with Gasteiger partial charge in [-0.1, -0.05) is 47.7 Å². The van der Waals surface area contributed by atoms with Crippen molar-refractivity contribution in [2.24, 2.45) is 0 Å². The third kappa shape index (κ3) is 4.90. The predicted molar refractivity (Wildman–Crippen MR) is 131 cm³/mol. The van der Waals surface area contributed by atoms with Gasteiger partial charge in [0.1, 0.15) is 23.7 Å². The highest BCUT2D eigenvalue weighted by Gasteiger charge is 2.16. The van der Waals surface area contributed by atoms with Crippen LogP contribution in [0, 0.1) is 0 Å². The minimum atomic E-state index is -0.964. The Hall–Kier alpha value is -5.05. The lowest BCUT2D eigenvalue weighted by atomic mass is 10.1. The van der Waals surface area contributed by atoms with E-state index in [1.807, 2.05) is 54.6 Å². The lowest BCUT2D eigenvalue weighted by molar-refractivity contribution is 0.0696. The van der Waals surface area contributed by atoms with Crippen LogP contribution >= 0.6 is 0 Å². The molecule has 0 saturated heterocycles. The van der Waals surface area contributed by atoms with Crippen LogP contribution in [0.15, 0.2) is 91.3 Å². The molecule has 5 aromatic rings. The monoisotopic (exact) mass is 479 g/mol. The van der Waals surface area contributed by atoms with Gasteiger partial charge in [0.15, 0.2) is 6.29 Å². The van der Waals surface area contributed by atoms with E-state index in [9.17, 15) is 9.59 Å². The van der Waals surface area contributed by atoms with E-state index in [-0.39, 0.29) is 12.2 Å². The van der Waals surface area contributed by atoms with Gasteiger partial charge in [0.25, 0.3) is 0 Å². The number of para-hydroxylation sites is 2. The number of ether oxygens (including phenoxy) is 1. The lowest BCUT2D eigenvalue weighted by Gasteiger charge is -2.09. The third-order valence-electron chi connectivity index (χ3n) is 5.54. The van der Waals surface area contributed by atoms with Crippen molar-refractivity contribution in [2.45, 2.75) is 13.2 Å². The van der Waals surface area contributed by atoms with Gasteiger partial charge < -0.3 is 9.84 Å². The van der Waals surface area contributed by atoms with Crippen molar-refractivity contribution in [3.05, 3.63) is 114 Å². The first-order valence-corrected chi connectivity index (χ1v) is 11.1. The van der Waals surface area contributed by atoms with Crippen LogP contribution in [0.1, 0.15) is 32.0 Å². The number of carbonyl (C=O) groups is 2. The molecule has 0 aliphatic carbocycles. The van der Waals surface area contributed by atoms with Crippen LogP contribution in [-0.4, -0.2) is 42.1 Å². The van der Waals surface area contributed by atoms with E-state index in [0.29, 0.717) is 34.8 Å². The van der Waals surface area contributed by atoms with E-state index < -0.39 is 5.97 Å². The number of nitrogens with zero attached hydrogens (tertiary/aromatic N) is 5. The van der Waals surface area contributed by atoms with Crippen molar-refractivity contribution in [2.75, 3.05) is 0 Å². The summed E-state index contributed by atoms with van der Waals surface area (Å²) in [6.07, 6.45) is 4.25. The summed E-state index contributed by atoms with van der Waals surface area (Å²) in [5.74, 6) is -0.396. The van der Waals surface area contributed by atoms with Crippen molar-refractivity contribution in [1.82, 2.24) is 24.8 Å². The fourth-order valence-corrected chi connectivity index (χ4v) is 3.76. The highest BCUT2D eigenvalue weighted by Crippen LogP contribution is 2.31. The first-order valence-electron chi connectivity index (χ1n) is 11.1. The van der Waals surface area contributed by atoms with Gasteiger partial charge in [-0.3, -0.25) is 4.79 Å². The average molecular weight is 479 g/mol. The average Bonchev–Trinajstić information content (AvgIpc) is 3.55. The first kappa shape index (κ1) is 22.7. The molecule has 0 aliphatic rings. The number of rotatable bonds is 9. The molecule has 0 atom stereocenters. The predicted octanol–water partition coefficient (Wildman–Crippen LogP) is 4.27. The van der Waals surface area contributed by atoms with Gasteiger partial charge in [-0.2, -0.15) is 5.10 Å².